The number of nitrogens with zero attached hydrogens (tertiary/aromatic N) is 4. The molecule has 9 heteroatoms. The highest BCUT2D eigenvalue weighted by Gasteiger charge is 2.18. The van der Waals surface area contributed by atoms with Crippen LogP contribution in [-0.4, -0.2) is 25.2 Å². The van der Waals surface area contributed by atoms with Gasteiger partial charge < -0.3 is 9.88 Å². The number of pyridine rings is 2. The van der Waals surface area contributed by atoms with Crippen LogP contribution in [0.15, 0.2) is 59.8 Å². The minimum Gasteiger partial charge on any atom is -0.323 e. The quantitative estimate of drug-likeness (QED) is 0.539. The number of hydrogen-bond donors (Lipinski definition) is 1. The molecule has 3 aromatic heterocycles. The first kappa shape index (κ1) is 19.8. The third-order valence-corrected chi connectivity index (χ3v) is 5.09. The summed E-state index contributed by atoms with van der Waals surface area (Å²) in [5, 5.41) is 8.29. The van der Waals surface area contributed by atoms with Crippen molar-refractivity contribution in [2.75, 3.05) is 5.32 Å². The number of hydrogen-bond acceptors (Lipinski definition) is 4. The summed E-state index contributed by atoms with van der Waals surface area (Å²) in [6.07, 6.45) is 4.11. The van der Waals surface area contributed by atoms with Crippen LogP contribution in [0.5, 0.6) is 0 Å². The van der Waals surface area contributed by atoms with E-state index in [1.807, 2.05) is 0 Å². The van der Waals surface area contributed by atoms with Crippen molar-refractivity contribution in [3.8, 4) is 11.4 Å². The molecule has 7 nitrogen and oxygen atoms in total. The Morgan fingerprint density at radius 1 is 1.20 bits per heavy atom. The number of amides is 1. The Bertz CT molecular complexity index is 1290. The molecule has 0 radical (unpaired) electrons. The number of benzene rings is 1. The maximum atomic E-state index is 13.8. The smallest absolute Gasteiger partial charge is 0.259 e. The van der Waals surface area contributed by atoms with E-state index in [1.165, 1.54) is 15.4 Å². The summed E-state index contributed by atoms with van der Waals surface area (Å²) in [6.45, 7) is 1.63. The van der Waals surface area contributed by atoms with Crippen LogP contribution >= 0.6 is 11.6 Å². The van der Waals surface area contributed by atoms with E-state index >= 15 is 0 Å². The molecule has 0 aliphatic rings. The topological polar surface area (TPSA) is 81.8 Å². The Balaban J connectivity index is 1.55. The van der Waals surface area contributed by atoms with Crippen molar-refractivity contribution in [2.24, 2.45) is 7.05 Å². The Labute approximate surface area is 175 Å². The minimum absolute atomic E-state index is 0.254. The molecule has 0 aliphatic carbocycles. The average Bonchev–Trinajstić information content (AvgIpc) is 3.06. The minimum atomic E-state index is -0.758. The Hall–Kier alpha value is -3.52. The Morgan fingerprint density at radius 2 is 2.00 bits per heavy atom. The van der Waals surface area contributed by atoms with Crippen LogP contribution in [0.3, 0.4) is 0 Å². The molecule has 1 aromatic carbocycles. The lowest BCUT2D eigenvalue weighted by atomic mass is 10.1. The van der Waals surface area contributed by atoms with Crippen LogP contribution in [0.4, 0.5) is 10.1 Å². The third kappa shape index (κ3) is 3.57. The molecule has 1 amide bonds. The lowest BCUT2D eigenvalue weighted by molar-refractivity contribution is -0.118. The lowest BCUT2D eigenvalue weighted by Crippen LogP contribution is -2.31. The van der Waals surface area contributed by atoms with Gasteiger partial charge in [-0.15, -0.1) is 0 Å². The molecule has 0 unspecified atom stereocenters. The number of aryl methyl sites for hydroxylation is 1. The van der Waals surface area contributed by atoms with Crippen molar-refractivity contribution in [1.29, 1.82) is 0 Å². The number of aromatic nitrogens is 4. The summed E-state index contributed by atoms with van der Waals surface area (Å²) >= 11 is 5.97. The summed E-state index contributed by atoms with van der Waals surface area (Å²) in [6, 6.07) is 9.17. The van der Waals surface area contributed by atoms with Crippen molar-refractivity contribution in [3.63, 3.8) is 0 Å². The predicted molar refractivity (Wildman–Crippen MR) is 113 cm³/mol. The number of anilines is 1. The van der Waals surface area contributed by atoms with E-state index < -0.39 is 11.9 Å². The van der Waals surface area contributed by atoms with Gasteiger partial charge in [0.1, 0.15) is 11.7 Å². The number of rotatable bonds is 4. The zero-order chi connectivity index (χ0) is 21.4. The second-order valence-corrected chi connectivity index (χ2v) is 7.26. The van der Waals surface area contributed by atoms with Gasteiger partial charge in [0.05, 0.1) is 23.8 Å². The van der Waals surface area contributed by atoms with Crippen molar-refractivity contribution in [3.05, 3.63) is 76.2 Å². The second-order valence-electron chi connectivity index (χ2n) is 6.82. The molecule has 0 fully saturated rings. The monoisotopic (exact) mass is 425 g/mol. The van der Waals surface area contributed by atoms with Crippen LogP contribution in [0.1, 0.15) is 13.0 Å². The Kier molecular flexibility index (Phi) is 5.09. The van der Waals surface area contributed by atoms with Crippen molar-refractivity contribution >= 4 is 34.0 Å². The summed E-state index contributed by atoms with van der Waals surface area (Å²) < 4.78 is 16.6. The molecule has 0 spiro atoms. The first-order chi connectivity index (χ1) is 14.3. The first-order valence-electron chi connectivity index (χ1n) is 9.10. The van der Waals surface area contributed by atoms with Gasteiger partial charge in [0.2, 0.25) is 5.91 Å². The highest BCUT2D eigenvalue weighted by Crippen LogP contribution is 2.22. The summed E-state index contributed by atoms with van der Waals surface area (Å²) in [7, 11) is 1.62. The first-order valence-corrected chi connectivity index (χ1v) is 9.48. The molecule has 0 saturated heterocycles. The van der Waals surface area contributed by atoms with Crippen molar-refractivity contribution < 1.29 is 9.18 Å². The fraction of sp³-hybridized carbons (Fsp3) is 0.143. The molecule has 1 atom stereocenters. The van der Waals surface area contributed by atoms with Gasteiger partial charge in [-0.05, 0) is 48.7 Å². The van der Waals surface area contributed by atoms with E-state index in [9.17, 15) is 14.0 Å². The number of fused-ring (bicyclic) bond motifs is 1. The zero-order valence-electron chi connectivity index (χ0n) is 16.1. The molecular weight excluding hydrogens is 409 g/mol. The summed E-state index contributed by atoms with van der Waals surface area (Å²) in [5.74, 6) is -0.862. The standard InChI is InChI=1S/C21H17ClFN5O2/c1-12(28-8-7-13-9-14(22)3-5-16(13)21(28)30)20(29)26-15-4-6-18(24-10-15)19-17(23)11-25-27(19)2/h3-12H,1-2H3,(H,26,29)/t12-/m1/s1. The van der Waals surface area contributed by atoms with Gasteiger partial charge in [-0.1, -0.05) is 11.6 Å². The van der Waals surface area contributed by atoms with E-state index in [0.717, 1.165) is 6.20 Å². The molecule has 4 rings (SSSR count). The van der Waals surface area contributed by atoms with Gasteiger partial charge in [-0.2, -0.15) is 5.10 Å². The van der Waals surface area contributed by atoms with E-state index in [-0.39, 0.29) is 17.2 Å². The third-order valence-electron chi connectivity index (χ3n) is 4.86. The van der Waals surface area contributed by atoms with Gasteiger partial charge in [0.25, 0.3) is 5.56 Å². The number of carbonyl (C=O) groups excluding carboxylic acids is 1. The molecule has 30 heavy (non-hydrogen) atoms. The number of nitrogens with one attached hydrogen (secondary N) is 1. The maximum Gasteiger partial charge on any atom is 0.259 e. The van der Waals surface area contributed by atoms with Crippen molar-refractivity contribution in [2.45, 2.75) is 13.0 Å². The highest BCUT2D eigenvalue weighted by molar-refractivity contribution is 6.31. The fourth-order valence-corrected chi connectivity index (χ4v) is 3.40. The van der Waals surface area contributed by atoms with E-state index in [4.69, 9.17) is 11.6 Å². The number of carbonyl (C=O) groups is 1. The summed E-state index contributed by atoms with van der Waals surface area (Å²) in [4.78, 5) is 29.6. The van der Waals surface area contributed by atoms with Gasteiger partial charge >= 0.3 is 0 Å². The summed E-state index contributed by atoms with van der Waals surface area (Å²) in [5.41, 5.74) is 0.790. The molecule has 152 valence electrons. The van der Waals surface area contributed by atoms with Crippen LogP contribution < -0.4 is 10.9 Å². The predicted octanol–water partition coefficient (Wildman–Crippen LogP) is 3.79. The van der Waals surface area contributed by atoms with Gasteiger partial charge in [0.15, 0.2) is 5.82 Å². The average molecular weight is 426 g/mol. The Morgan fingerprint density at radius 3 is 2.67 bits per heavy atom. The van der Waals surface area contributed by atoms with Crippen LogP contribution in [0.2, 0.25) is 5.02 Å². The zero-order valence-corrected chi connectivity index (χ0v) is 16.9. The molecular formula is C21H17ClFN5O2. The van der Waals surface area contributed by atoms with Crippen LogP contribution in [-0.2, 0) is 11.8 Å². The molecule has 0 aliphatic heterocycles. The van der Waals surface area contributed by atoms with Gasteiger partial charge in [0, 0.05) is 23.7 Å². The normalized spacial score (nSPS) is 12.1. The molecule has 3 heterocycles. The lowest BCUT2D eigenvalue weighted by Gasteiger charge is -2.16. The van der Waals surface area contributed by atoms with Crippen LogP contribution in [0.25, 0.3) is 22.2 Å². The maximum absolute atomic E-state index is 13.8. The van der Waals surface area contributed by atoms with E-state index in [2.05, 4.69) is 15.4 Å². The van der Waals surface area contributed by atoms with Crippen LogP contribution in [0, 0.1) is 5.82 Å². The molecule has 4 aromatic rings. The number of halogens is 2. The molecule has 1 N–H and O–H groups in total. The molecule has 0 bridgehead atoms. The van der Waals surface area contributed by atoms with E-state index in [0.29, 0.717) is 27.2 Å². The largest absolute Gasteiger partial charge is 0.323 e. The second kappa shape index (κ2) is 7.72. The van der Waals surface area contributed by atoms with E-state index in [1.54, 1.807) is 56.6 Å². The molecule has 0 saturated carbocycles. The SMILES string of the molecule is C[C@H](C(=O)Nc1ccc(-c2c(F)cnn2C)nc1)n1ccc2cc(Cl)ccc2c1=O. The van der Waals surface area contributed by atoms with Crippen molar-refractivity contribution in [1.82, 2.24) is 19.3 Å². The highest BCUT2D eigenvalue weighted by atomic mass is 35.5. The van der Waals surface area contributed by atoms with Gasteiger partial charge in [-0.25, -0.2) is 4.39 Å². The fourth-order valence-electron chi connectivity index (χ4n) is 3.22. The van der Waals surface area contributed by atoms with Gasteiger partial charge in [-0.3, -0.25) is 19.3 Å².